The molecule has 18 heavy (non-hydrogen) atoms. The summed E-state index contributed by atoms with van der Waals surface area (Å²) in [6, 6.07) is 10.5. The maximum absolute atomic E-state index is 5.97. The zero-order chi connectivity index (χ0) is 13.0. The van der Waals surface area contributed by atoms with Gasteiger partial charge in [-0.15, -0.1) is 11.3 Å². The largest absolute Gasteiger partial charge is 0.488 e. The molecule has 1 unspecified atom stereocenters. The first-order chi connectivity index (χ1) is 8.66. The molecular weight excluding hydrogens is 242 g/mol. The van der Waals surface area contributed by atoms with E-state index in [9.17, 15) is 0 Å². The van der Waals surface area contributed by atoms with Crippen LogP contribution in [-0.2, 0) is 13.0 Å². The van der Waals surface area contributed by atoms with Crippen molar-refractivity contribution in [2.24, 2.45) is 5.73 Å². The van der Waals surface area contributed by atoms with Gasteiger partial charge < -0.3 is 10.5 Å². The van der Waals surface area contributed by atoms with Crippen LogP contribution in [0.1, 0.15) is 22.9 Å². The second-order valence-corrected chi connectivity index (χ2v) is 5.64. The lowest BCUT2D eigenvalue weighted by molar-refractivity contribution is 0.303. The van der Waals surface area contributed by atoms with Gasteiger partial charge in [-0.3, -0.25) is 0 Å². The van der Waals surface area contributed by atoms with Gasteiger partial charge in [0.1, 0.15) is 12.4 Å². The van der Waals surface area contributed by atoms with Crippen LogP contribution in [0.5, 0.6) is 5.75 Å². The maximum Gasteiger partial charge on any atom is 0.126 e. The van der Waals surface area contributed by atoms with E-state index in [-0.39, 0.29) is 6.04 Å². The van der Waals surface area contributed by atoms with Crippen LogP contribution >= 0.6 is 11.3 Å². The van der Waals surface area contributed by atoms with Gasteiger partial charge in [-0.05, 0) is 42.8 Å². The summed E-state index contributed by atoms with van der Waals surface area (Å²) in [5.74, 6) is 0.989. The maximum atomic E-state index is 5.97. The van der Waals surface area contributed by atoms with Crippen LogP contribution in [0.15, 0.2) is 35.7 Å². The van der Waals surface area contributed by atoms with Crippen molar-refractivity contribution in [3.8, 4) is 5.75 Å². The molecular formula is C15H19NOS. The Labute approximate surface area is 112 Å². The highest BCUT2D eigenvalue weighted by atomic mass is 32.1. The average Bonchev–Trinajstić information content (AvgIpc) is 2.80. The van der Waals surface area contributed by atoms with E-state index in [1.54, 1.807) is 11.3 Å². The summed E-state index contributed by atoms with van der Waals surface area (Å²) >= 11 is 1.72. The number of nitrogens with two attached hydrogens (primary N) is 1. The fourth-order valence-electron chi connectivity index (χ4n) is 1.97. The van der Waals surface area contributed by atoms with Crippen molar-refractivity contribution in [2.45, 2.75) is 32.9 Å². The number of para-hydroxylation sites is 1. The zero-order valence-corrected chi connectivity index (χ0v) is 11.7. The second kappa shape index (κ2) is 6.03. The molecule has 0 radical (unpaired) electrons. The number of hydrogen-bond acceptors (Lipinski definition) is 3. The summed E-state index contributed by atoms with van der Waals surface area (Å²) in [5, 5.41) is 2.07. The van der Waals surface area contributed by atoms with E-state index in [2.05, 4.69) is 36.6 Å². The molecule has 2 nitrogen and oxygen atoms in total. The molecule has 1 aromatic heterocycles. The Morgan fingerprint density at radius 3 is 2.78 bits per heavy atom. The molecule has 0 aliphatic heterocycles. The van der Waals surface area contributed by atoms with Crippen LogP contribution in [-0.4, -0.2) is 6.04 Å². The Kier molecular flexibility index (Phi) is 4.39. The molecule has 2 rings (SSSR count). The third-order valence-electron chi connectivity index (χ3n) is 2.77. The molecule has 0 bridgehead atoms. The van der Waals surface area contributed by atoms with Crippen molar-refractivity contribution in [3.05, 3.63) is 51.7 Å². The monoisotopic (exact) mass is 261 g/mol. The predicted molar refractivity (Wildman–Crippen MR) is 77.2 cm³/mol. The van der Waals surface area contributed by atoms with E-state index >= 15 is 0 Å². The van der Waals surface area contributed by atoms with E-state index < -0.39 is 0 Å². The third-order valence-corrected chi connectivity index (χ3v) is 3.62. The lowest BCUT2D eigenvalue weighted by atomic mass is 10.0. The SMILES string of the molecule is Cc1cccc(CC(C)N)c1OCc1cccs1. The fraction of sp³-hybridized carbons (Fsp3) is 0.333. The molecule has 0 spiro atoms. The molecule has 3 heteroatoms. The molecule has 2 aromatic rings. The van der Waals surface area contributed by atoms with Crippen molar-refractivity contribution < 1.29 is 4.74 Å². The molecule has 0 aliphatic rings. The Morgan fingerprint density at radius 2 is 2.11 bits per heavy atom. The summed E-state index contributed by atoms with van der Waals surface area (Å²) in [6.07, 6.45) is 0.849. The van der Waals surface area contributed by atoms with E-state index in [0.29, 0.717) is 6.61 Å². The van der Waals surface area contributed by atoms with Crippen LogP contribution in [0.25, 0.3) is 0 Å². The van der Waals surface area contributed by atoms with E-state index in [1.807, 2.05) is 13.0 Å². The van der Waals surface area contributed by atoms with Gasteiger partial charge in [0.25, 0.3) is 0 Å². The summed E-state index contributed by atoms with van der Waals surface area (Å²) in [5.41, 5.74) is 8.25. The van der Waals surface area contributed by atoms with E-state index in [4.69, 9.17) is 10.5 Å². The molecule has 0 saturated carbocycles. The number of rotatable bonds is 5. The van der Waals surface area contributed by atoms with Gasteiger partial charge in [0.05, 0.1) is 0 Å². The van der Waals surface area contributed by atoms with Crippen molar-refractivity contribution >= 4 is 11.3 Å². The fourth-order valence-corrected chi connectivity index (χ4v) is 2.58. The molecule has 2 N–H and O–H groups in total. The topological polar surface area (TPSA) is 35.2 Å². The van der Waals surface area contributed by atoms with Crippen LogP contribution in [0.3, 0.4) is 0 Å². The van der Waals surface area contributed by atoms with Crippen molar-refractivity contribution in [1.29, 1.82) is 0 Å². The van der Waals surface area contributed by atoms with Gasteiger partial charge >= 0.3 is 0 Å². The molecule has 1 aromatic carbocycles. The van der Waals surface area contributed by atoms with E-state index in [1.165, 1.54) is 16.0 Å². The van der Waals surface area contributed by atoms with Gasteiger partial charge in [0.15, 0.2) is 0 Å². The quantitative estimate of drug-likeness (QED) is 0.893. The summed E-state index contributed by atoms with van der Waals surface area (Å²) in [6.45, 7) is 4.73. The summed E-state index contributed by atoms with van der Waals surface area (Å²) in [4.78, 5) is 1.24. The number of hydrogen-bond donors (Lipinski definition) is 1. The highest BCUT2D eigenvalue weighted by Crippen LogP contribution is 2.26. The third kappa shape index (κ3) is 3.34. The molecule has 1 heterocycles. The minimum atomic E-state index is 0.149. The molecule has 0 aliphatic carbocycles. The first-order valence-electron chi connectivity index (χ1n) is 6.16. The Balaban J connectivity index is 2.14. The minimum Gasteiger partial charge on any atom is -0.488 e. The van der Waals surface area contributed by atoms with Gasteiger partial charge in [-0.2, -0.15) is 0 Å². The van der Waals surface area contributed by atoms with Crippen LogP contribution in [0, 0.1) is 6.92 Å². The number of aryl methyl sites for hydroxylation is 1. The Hall–Kier alpha value is -1.32. The Morgan fingerprint density at radius 1 is 1.28 bits per heavy atom. The standard InChI is InChI=1S/C15H19NOS/c1-11-5-3-6-13(9-12(2)16)15(11)17-10-14-7-4-8-18-14/h3-8,12H,9-10,16H2,1-2H3. The molecule has 1 atom stereocenters. The minimum absolute atomic E-state index is 0.149. The molecule has 0 saturated heterocycles. The lowest BCUT2D eigenvalue weighted by Gasteiger charge is -2.15. The highest BCUT2D eigenvalue weighted by Gasteiger charge is 2.09. The van der Waals surface area contributed by atoms with Crippen LogP contribution < -0.4 is 10.5 Å². The first-order valence-corrected chi connectivity index (χ1v) is 7.04. The number of benzene rings is 1. The molecule has 0 fully saturated rings. The molecule has 96 valence electrons. The van der Waals surface area contributed by atoms with E-state index in [0.717, 1.165) is 12.2 Å². The summed E-state index contributed by atoms with van der Waals surface area (Å²) in [7, 11) is 0. The van der Waals surface area contributed by atoms with Gasteiger partial charge in [0.2, 0.25) is 0 Å². The van der Waals surface area contributed by atoms with Crippen molar-refractivity contribution in [2.75, 3.05) is 0 Å². The van der Waals surface area contributed by atoms with Gasteiger partial charge in [0, 0.05) is 10.9 Å². The van der Waals surface area contributed by atoms with Gasteiger partial charge in [-0.1, -0.05) is 24.3 Å². The van der Waals surface area contributed by atoms with Crippen LogP contribution in [0.4, 0.5) is 0 Å². The molecule has 0 amide bonds. The summed E-state index contributed by atoms with van der Waals surface area (Å²) < 4.78 is 5.97. The average molecular weight is 261 g/mol. The second-order valence-electron chi connectivity index (χ2n) is 4.61. The van der Waals surface area contributed by atoms with Gasteiger partial charge in [-0.25, -0.2) is 0 Å². The van der Waals surface area contributed by atoms with Crippen molar-refractivity contribution in [3.63, 3.8) is 0 Å². The first kappa shape index (κ1) is 13.1. The van der Waals surface area contributed by atoms with Crippen molar-refractivity contribution in [1.82, 2.24) is 0 Å². The van der Waals surface area contributed by atoms with Crippen LogP contribution in [0.2, 0.25) is 0 Å². The Bertz CT molecular complexity index is 491. The highest BCUT2D eigenvalue weighted by molar-refractivity contribution is 7.09. The lowest BCUT2D eigenvalue weighted by Crippen LogP contribution is -2.18. The number of thiophene rings is 1. The normalized spacial score (nSPS) is 12.4. The smallest absolute Gasteiger partial charge is 0.126 e. The number of ether oxygens (including phenoxy) is 1. The predicted octanol–water partition coefficient (Wildman–Crippen LogP) is 3.53. The zero-order valence-electron chi connectivity index (χ0n) is 10.8.